The van der Waals surface area contributed by atoms with E-state index in [1.807, 2.05) is 0 Å². The number of halogens is 3. The van der Waals surface area contributed by atoms with E-state index in [-0.39, 0.29) is 18.0 Å². The minimum absolute atomic E-state index is 0.0537. The molecule has 19 heavy (non-hydrogen) atoms. The zero-order valence-electron chi connectivity index (χ0n) is 10.4. The third-order valence-electron chi connectivity index (χ3n) is 3.35. The van der Waals surface area contributed by atoms with Crippen molar-refractivity contribution in [2.75, 3.05) is 19.6 Å². The summed E-state index contributed by atoms with van der Waals surface area (Å²) in [6.07, 6.45) is -4.75. The molecule has 3 nitrogen and oxygen atoms in total. The van der Waals surface area contributed by atoms with Crippen LogP contribution in [0.25, 0.3) is 0 Å². The van der Waals surface area contributed by atoms with Crippen molar-refractivity contribution in [1.29, 1.82) is 0 Å². The highest BCUT2D eigenvalue weighted by Gasteiger charge is 2.32. The lowest BCUT2D eigenvalue weighted by Crippen LogP contribution is -2.30. The molecule has 106 valence electrons. The second kappa shape index (κ2) is 5.90. The largest absolute Gasteiger partial charge is 0.416 e. The molecule has 1 aromatic rings. The summed E-state index contributed by atoms with van der Waals surface area (Å²) in [5.41, 5.74) is -0.372. The zero-order chi connectivity index (χ0) is 13.9. The smallest absolute Gasteiger partial charge is 0.391 e. The van der Waals surface area contributed by atoms with Crippen LogP contribution in [0.1, 0.15) is 11.1 Å². The summed E-state index contributed by atoms with van der Waals surface area (Å²) in [7, 11) is 0. The van der Waals surface area contributed by atoms with Crippen LogP contribution in [0.15, 0.2) is 24.3 Å². The van der Waals surface area contributed by atoms with Crippen molar-refractivity contribution in [2.45, 2.75) is 18.8 Å². The number of rotatable bonds is 4. The average molecular weight is 274 g/mol. The molecule has 0 aliphatic carbocycles. The van der Waals surface area contributed by atoms with E-state index in [1.54, 1.807) is 6.07 Å². The third-order valence-corrected chi connectivity index (χ3v) is 3.35. The molecule has 0 aromatic heterocycles. The molecule has 2 atom stereocenters. The maximum atomic E-state index is 12.8. The summed E-state index contributed by atoms with van der Waals surface area (Å²) >= 11 is 0. The monoisotopic (exact) mass is 274 g/mol. The van der Waals surface area contributed by atoms with Crippen molar-refractivity contribution >= 4 is 0 Å². The number of hydrogen-bond donors (Lipinski definition) is 3. The van der Waals surface area contributed by atoms with E-state index in [2.05, 4.69) is 10.6 Å². The van der Waals surface area contributed by atoms with Gasteiger partial charge in [0, 0.05) is 32.1 Å². The quantitative estimate of drug-likeness (QED) is 0.777. The van der Waals surface area contributed by atoms with Gasteiger partial charge in [-0.15, -0.1) is 0 Å². The summed E-state index contributed by atoms with van der Waals surface area (Å²) < 4.78 is 38.3. The number of hydrogen-bond acceptors (Lipinski definition) is 3. The van der Waals surface area contributed by atoms with Crippen LogP contribution in [0.4, 0.5) is 13.2 Å². The van der Waals surface area contributed by atoms with Gasteiger partial charge in [0.25, 0.3) is 0 Å². The maximum absolute atomic E-state index is 12.8. The molecule has 1 aliphatic rings. The predicted molar refractivity (Wildman–Crippen MR) is 65.5 cm³/mol. The first-order chi connectivity index (χ1) is 8.98. The van der Waals surface area contributed by atoms with Gasteiger partial charge >= 0.3 is 6.18 Å². The van der Waals surface area contributed by atoms with Crippen molar-refractivity contribution < 1.29 is 18.3 Å². The van der Waals surface area contributed by atoms with Crippen LogP contribution in [-0.2, 0) is 12.7 Å². The molecule has 1 aromatic carbocycles. The van der Waals surface area contributed by atoms with Crippen molar-refractivity contribution in [1.82, 2.24) is 10.6 Å². The van der Waals surface area contributed by atoms with Crippen LogP contribution in [0.5, 0.6) is 0 Å². The number of nitrogens with one attached hydrogen (secondary N) is 2. The molecule has 1 heterocycles. The molecule has 0 bridgehead atoms. The molecule has 0 amide bonds. The molecule has 1 fully saturated rings. The maximum Gasteiger partial charge on any atom is 0.416 e. The first kappa shape index (κ1) is 14.3. The van der Waals surface area contributed by atoms with Crippen molar-refractivity contribution in [3.8, 4) is 0 Å². The van der Waals surface area contributed by atoms with E-state index in [0.717, 1.165) is 6.07 Å². The second-order valence-corrected chi connectivity index (χ2v) is 4.77. The number of β-amino-alcohol motifs (C(OH)–C–C–N with tert-alkyl or cyclic N) is 1. The molecule has 6 heteroatoms. The fourth-order valence-corrected chi connectivity index (χ4v) is 2.27. The third kappa shape index (κ3) is 3.68. The van der Waals surface area contributed by atoms with E-state index in [0.29, 0.717) is 19.6 Å². The Hall–Kier alpha value is -1.11. The van der Waals surface area contributed by atoms with Crippen LogP contribution in [-0.4, -0.2) is 30.8 Å². The second-order valence-electron chi connectivity index (χ2n) is 4.77. The lowest BCUT2D eigenvalue weighted by atomic mass is 10.1. The van der Waals surface area contributed by atoms with E-state index < -0.39 is 17.8 Å². The van der Waals surface area contributed by atoms with Crippen molar-refractivity contribution in [3.63, 3.8) is 0 Å². The molecule has 1 aliphatic heterocycles. The molecule has 1 saturated heterocycles. The van der Waals surface area contributed by atoms with Gasteiger partial charge in [-0.2, -0.15) is 13.2 Å². The van der Waals surface area contributed by atoms with Crippen LogP contribution in [0, 0.1) is 5.92 Å². The van der Waals surface area contributed by atoms with Gasteiger partial charge in [-0.25, -0.2) is 0 Å². The number of aliphatic hydroxyl groups excluding tert-OH is 1. The topological polar surface area (TPSA) is 44.3 Å². The van der Waals surface area contributed by atoms with Crippen LogP contribution >= 0.6 is 0 Å². The van der Waals surface area contributed by atoms with E-state index in [4.69, 9.17) is 0 Å². The molecule has 2 unspecified atom stereocenters. The van der Waals surface area contributed by atoms with Crippen LogP contribution in [0.2, 0.25) is 0 Å². The Morgan fingerprint density at radius 2 is 2.00 bits per heavy atom. The molecule has 0 saturated carbocycles. The van der Waals surface area contributed by atoms with Gasteiger partial charge in [0.2, 0.25) is 0 Å². The number of benzene rings is 1. The fraction of sp³-hybridized carbons (Fsp3) is 0.538. The molecular formula is C13H17F3N2O. The first-order valence-electron chi connectivity index (χ1n) is 6.23. The highest BCUT2D eigenvalue weighted by atomic mass is 19.4. The summed E-state index contributed by atoms with van der Waals surface area (Å²) in [5.74, 6) is 0.0537. The summed E-state index contributed by atoms with van der Waals surface area (Å²) in [6.45, 7) is 1.89. The van der Waals surface area contributed by atoms with Crippen LogP contribution in [0.3, 0.4) is 0 Å². The van der Waals surface area contributed by atoms with Crippen molar-refractivity contribution in [3.05, 3.63) is 35.4 Å². The Morgan fingerprint density at radius 1 is 1.26 bits per heavy atom. The van der Waals surface area contributed by atoms with Gasteiger partial charge in [-0.05, 0) is 11.6 Å². The zero-order valence-corrected chi connectivity index (χ0v) is 10.4. The Labute approximate surface area is 109 Å². The summed E-state index contributed by atoms with van der Waals surface area (Å²) in [4.78, 5) is 0. The highest BCUT2D eigenvalue weighted by Crippen LogP contribution is 2.31. The Kier molecular flexibility index (Phi) is 4.44. The minimum atomic E-state index is -4.33. The minimum Gasteiger partial charge on any atom is -0.391 e. The predicted octanol–water partition coefficient (Wildman–Crippen LogP) is 1.38. The Morgan fingerprint density at radius 3 is 2.63 bits per heavy atom. The van der Waals surface area contributed by atoms with Gasteiger partial charge in [0.05, 0.1) is 11.7 Å². The average Bonchev–Trinajstić information content (AvgIpc) is 2.75. The van der Waals surface area contributed by atoms with Gasteiger partial charge in [-0.1, -0.05) is 18.2 Å². The molecular weight excluding hydrogens is 257 g/mol. The summed E-state index contributed by atoms with van der Waals surface area (Å²) in [6, 6.07) is 5.54. The fourth-order valence-electron chi connectivity index (χ4n) is 2.27. The van der Waals surface area contributed by atoms with Crippen molar-refractivity contribution in [2.24, 2.45) is 5.92 Å². The highest BCUT2D eigenvalue weighted by molar-refractivity contribution is 5.29. The van der Waals surface area contributed by atoms with Gasteiger partial charge in [-0.3, -0.25) is 0 Å². The standard InChI is InChI=1S/C13H17F3N2O/c14-13(15,16)11-4-2-1-3-9(11)5-17-6-10-7-18-8-12(10)19/h1-4,10,12,17-19H,5-8H2. The van der Waals surface area contributed by atoms with Gasteiger partial charge in [0.15, 0.2) is 0 Å². The number of aliphatic hydroxyl groups is 1. The molecule has 2 rings (SSSR count). The van der Waals surface area contributed by atoms with E-state index in [9.17, 15) is 18.3 Å². The Balaban J connectivity index is 1.92. The lowest BCUT2D eigenvalue weighted by Gasteiger charge is -2.16. The van der Waals surface area contributed by atoms with Gasteiger partial charge in [0.1, 0.15) is 0 Å². The first-order valence-corrected chi connectivity index (χ1v) is 6.23. The normalized spacial score (nSPS) is 23.8. The van der Waals surface area contributed by atoms with Gasteiger partial charge < -0.3 is 15.7 Å². The van der Waals surface area contributed by atoms with E-state index >= 15 is 0 Å². The molecule has 0 spiro atoms. The summed E-state index contributed by atoms with van der Waals surface area (Å²) in [5, 5.41) is 15.6. The lowest BCUT2D eigenvalue weighted by molar-refractivity contribution is -0.138. The molecule has 3 N–H and O–H groups in total. The van der Waals surface area contributed by atoms with Crippen LogP contribution < -0.4 is 10.6 Å². The van der Waals surface area contributed by atoms with E-state index in [1.165, 1.54) is 12.1 Å². The number of alkyl halides is 3. The SMILES string of the molecule is OC1CNCC1CNCc1ccccc1C(F)(F)F. The molecule has 0 radical (unpaired) electrons. The Bertz CT molecular complexity index is 423.